The molecule has 92 valence electrons. The van der Waals surface area contributed by atoms with Crippen LogP contribution >= 0.6 is 11.6 Å². The lowest BCUT2D eigenvalue weighted by Crippen LogP contribution is -2.09. The highest BCUT2D eigenvalue weighted by Crippen LogP contribution is 2.32. The van der Waals surface area contributed by atoms with E-state index in [1.807, 2.05) is 18.2 Å². The molecule has 18 heavy (non-hydrogen) atoms. The van der Waals surface area contributed by atoms with Crippen LogP contribution in [0.25, 0.3) is 11.5 Å². The molecule has 1 aliphatic carbocycles. The van der Waals surface area contributed by atoms with Crippen LogP contribution in [0.5, 0.6) is 0 Å². The first-order valence-electron chi connectivity index (χ1n) is 5.82. The van der Waals surface area contributed by atoms with Crippen molar-refractivity contribution in [2.45, 2.75) is 19.4 Å². The van der Waals surface area contributed by atoms with Crippen molar-refractivity contribution >= 4 is 17.5 Å². The lowest BCUT2D eigenvalue weighted by Gasteiger charge is -2.05. The average Bonchev–Trinajstić information content (AvgIpc) is 3.05. The predicted molar refractivity (Wildman–Crippen MR) is 69.3 cm³/mol. The van der Waals surface area contributed by atoms with Gasteiger partial charge in [-0.1, -0.05) is 13.0 Å². The second-order valence-electron chi connectivity index (χ2n) is 4.43. The molecule has 5 nitrogen and oxygen atoms in total. The summed E-state index contributed by atoms with van der Waals surface area (Å²) >= 11 is 5.91. The zero-order valence-corrected chi connectivity index (χ0v) is 10.6. The summed E-state index contributed by atoms with van der Waals surface area (Å²) in [6.07, 6.45) is 2.84. The number of hydrogen-bond donors (Lipinski definition) is 1. The molecule has 1 fully saturated rings. The highest BCUT2D eigenvalue weighted by Gasteiger charge is 2.33. The Hall–Kier alpha value is -1.75. The van der Waals surface area contributed by atoms with Gasteiger partial charge in [-0.2, -0.15) is 15.0 Å². The highest BCUT2D eigenvalue weighted by atomic mass is 35.5. The van der Waals surface area contributed by atoms with Gasteiger partial charge in [0.2, 0.25) is 11.2 Å². The van der Waals surface area contributed by atoms with Gasteiger partial charge in [-0.05, 0) is 36.1 Å². The van der Waals surface area contributed by atoms with Crippen LogP contribution in [-0.4, -0.2) is 26.0 Å². The van der Waals surface area contributed by atoms with E-state index >= 15 is 0 Å². The molecule has 0 aliphatic heterocycles. The Morgan fingerprint density at radius 1 is 1.28 bits per heavy atom. The third-order valence-electron chi connectivity index (χ3n) is 2.93. The van der Waals surface area contributed by atoms with E-state index in [2.05, 4.69) is 32.2 Å². The molecule has 3 rings (SSSR count). The van der Waals surface area contributed by atoms with E-state index < -0.39 is 0 Å². The van der Waals surface area contributed by atoms with Gasteiger partial charge in [-0.3, -0.25) is 4.98 Å². The number of nitrogens with zero attached hydrogens (tertiary/aromatic N) is 4. The van der Waals surface area contributed by atoms with Crippen LogP contribution in [0.3, 0.4) is 0 Å². The number of hydrogen-bond acceptors (Lipinski definition) is 5. The Bertz CT molecular complexity index is 560. The normalized spacial score (nSPS) is 21.7. The van der Waals surface area contributed by atoms with E-state index in [0.717, 1.165) is 6.42 Å². The van der Waals surface area contributed by atoms with Gasteiger partial charge in [-0.25, -0.2) is 0 Å². The van der Waals surface area contributed by atoms with Gasteiger partial charge < -0.3 is 5.32 Å². The van der Waals surface area contributed by atoms with Gasteiger partial charge in [0.15, 0.2) is 5.82 Å². The molecule has 2 atom stereocenters. The van der Waals surface area contributed by atoms with Crippen LogP contribution in [0, 0.1) is 5.92 Å². The molecular formula is C12H12ClN5. The summed E-state index contributed by atoms with van der Waals surface area (Å²) in [6.45, 7) is 2.18. The maximum absolute atomic E-state index is 5.91. The van der Waals surface area contributed by atoms with Crippen LogP contribution in [-0.2, 0) is 0 Å². The summed E-state index contributed by atoms with van der Waals surface area (Å²) in [5, 5.41) is 3.42. The Morgan fingerprint density at radius 3 is 2.78 bits per heavy atom. The first-order valence-corrected chi connectivity index (χ1v) is 6.19. The van der Waals surface area contributed by atoms with E-state index in [9.17, 15) is 0 Å². The van der Waals surface area contributed by atoms with E-state index in [1.54, 1.807) is 6.20 Å². The molecule has 1 aliphatic rings. The molecule has 2 unspecified atom stereocenters. The summed E-state index contributed by atoms with van der Waals surface area (Å²) in [5.74, 6) is 1.68. The average molecular weight is 262 g/mol. The first-order chi connectivity index (χ1) is 8.72. The molecule has 6 heteroatoms. The maximum atomic E-state index is 5.91. The minimum absolute atomic E-state index is 0.182. The van der Waals surface area contributed by atoms with Crippen molar-refractivity contribution in [2.75, 3.05) is 5.32 Å². The Morgan fingerprint density at radius 2 is 2.11 bits per heavy atom. The van der Waals surface area contributed by atoms with Crippen LogP contribution < -0.4 is 5.32 Å². The smallest absolute Gasteiger partial charge is 0.227 e. The fraction of sp³-hybridized carbons (Fsp3) is 0.333. The second kappa shape index (κ2) is 4.49. The molecule has 2 aromatic heterocycles. The van der Waals surface area contributed by atoms with Gasteiger partial charge in [0.25, 0.3) is 0 Å². The Balaban J connectivity index is 1.91. The van der Waals surface area contributed by atoms with E-state index in [-0.39, 0.29) is 5.28 Å². The summed E-state index contributed by atoms with van der Waals surface area (Å²) in [4.78, 5) is 16.7. The van der Waals surface area contributed by atoms with Gasteiger partial charge in [0.1, 0.15) is 5.69 Å². The summed E-state index contributed by atoms with van der Waals surface area (Å²) in [6, 6.07) is 6.02. The fourth-order valence-electron chi connectivity index (χ4n) is 1.71. The quantitative estimate of drug-likeness (QED) is 0.919. The van der Waals surface area contributed by atoms with Gasteiger partial charge >= 0.3 is 0 Å². The lowest BCUT2D eigenvalue weighted by atomic mass is 10.3. The first kappa shape index (κ1) is 11.3. The zero-order valence-electron chi connectivity index (χ0n) is 9.84. The Labute approximate surface area is 110 Å². The largest absolute Gasteiger partial charge is 0.351 e. The van der Waals surface area contributed by atoms with Gasteiger partial charge in [-0.15, -0.1) is 0 Å². The summed E-state index contributed by atoms with van der Waals surface area (Å²) in [5.41, 5.74) is 0.689. The number of anilines is 1. The fourth-order valence-corrected chi connectivity index (χ4v) is 1.87. The van der Waals surface area contributed by atoms with Crippen molar-refractivity contribution in [1.82, 2.24) is 19.9 Å². The van der Waals surface area contributed by atoms with Crippen LogP contribution in [0.2, 0.25) is 5.28 Å². The number of nitrogens with one attached hydrogen (secondary N) is 1. The van der Waals surface area contributed by atoms with Crippen LogP contribution in [0.1, 0.15) is 13.3 Å². The molecule has 0 radical (unpaired) electrons. The van der Waals surface area contributed by atoms with E-state index in [4.69, 9.17) is 11.6 Å². The topological polar surface area (TPSA) is 63.6 Å². The monoisotopic (exact) mass is 261 g/mol. The summed E-state index contributed by atoms with van der Waals surface area (Å²) in [7, 11) is 0. The lowest BCUT2D eigenvalue weighted by molar-refractivity contribution is 0.907. The molecule has 0 saturated heterocycles. The molecule has 0 aromatic carbocycles. The zero-order chi connectivity index (χ0) is 12.5. The van der Waals surface area contributed by atoms with Crippen molar-refractivity contribution < 1.29 is 0 Å². The van der Waals surface area contributed by atoms with Crippen molar-refractivity contribution in [3.8, 4) is 11.5 Å². The van der Waals surface area contributed by atoms with Crippen molar-refractivity contribution in [1.29, 1.82) is 0 Å². The number of aromatic nitrogens is 4. The van der Waals surface area contributed by atoms with Crippen molar-refractivity contribution in [2.24, 2.45) is 5.92 Å². The molecule has 2 heterocycles. The van der Waals surface area contributed by atoms with Crippen LogP contribution in [0.15, 0.2) is 24.4 Å². The minimum atomic E-state index is 0.182. The van der Waals surface area contributed by atoms with Crippen LogP contribution in [0.4, 0.5) is 5.95 Å². The summed E-state index contributed by atoms with van der Waals surface area (Å²) < 4.78 is 0. The second-order valence-corrected chi connectivity index (χ2v) is 4.77. The molecule has 0 bridgehead atoms. The Kier molecular flexibility index (Phi) is 2.83. The maximum Gasteiger partial charge on any atom is 0.227 e. The molecule has 1 saturated carbocycles. The van der Waals surface area contributed by atoms with Gasteiger partial charge in [0.05, 0.1) is 0 Å². The molecular weight excluding hydrogens is 250 g/mol. The molecule has 1 N–H and O–H groups in total. The highest BCUT2D eigenvalue weighted by molar-refractivity contribution is 6.28. The van der Waals surface area contributed by atoms with Crippen molar-refractivity contribution in [3.63, 3.8) is 0 Å². The minimum Gasteiger partial charge on any atom is -0.351 e. The predicted octanol–water partition coefficient (Wildman–Crippen LogP) is 2.41. The molecule has 0 amide bonds. The molecule has 2 aromatic rings. The van der Waals surface area contributed by atoms with E-state index in [0.29, 0.717) is 29.4 Å². The van der Waals surface area contributed by atoms with Gasteiger partial charge in [0, 0.05) is 12.2 Å². The molecule has 0 spiro atoms. The number of halogens is 1. The van der Waals surface area contributed by atoms with Crippen molar-refractivity contribution in [3.05, 3.63) is 29.7 Å². The third kappa shape index (κ3) is 2.41. The third-order valence-corrected chi connectivity index (χ3v) is 3.10. The van der Waals surface area contributed by atoms with E-state index in [1.165, 1.54) is 0 Å². The number of rotatable bonds is 3. The number of pyridine rings is 1. The standard InChI is InChI=1S/C12H12ClN5/c1-7-6-9(7)15-12-17-10(16-11(13)18-12)8-4-2-3-5-14-8/h2-5,7,9H,6H2,1H3,(H,15,16,17,18). The SMILES string of the molecule is CC1CC1Nc1nc(Cl)nc(-c2ccccn2)n1.